The third kappa shape index (κ3) is 2.03. The van der Waals surface area contributed by atoms with Gasteiger partial charge >= 0.3 is 0 Å². The number of fused-ring (bicyclic) bond motifs is 7. The van der Waals surface area contributed by atoms with E-state index in [1.807, 2.05) is 12.1 Å². The van der Waals surface area contributed by atoms with Crippen LogP contribution in [0.5, 0.6) is 5.75 Å². The Morgan fingerprint density at radius 1 is 1.12 bits per heavy atom. The Labute approximate surface area is 158 Å². The fraction of sp³-hybridized carbons (Fsp3) is 0.750. The Kier molecular flexibility index (Phi) is 3.77. The van der Waals surface area contributed by atoms with Crippen LogP contribution in [-0.2, 0) is 6.42 Å². The zero-order chi connectivity index (χ0) is 18.1. The third-order valence-corrected chi connectivity index (χ3v) is 9.57. The fourth-order valence-electron chi connectivity index (χ4n) is 8.59. The highest BCUT2D eigenvalue weighted by atomic mass is 16.3. The maximum Gasteiger partial charge on any atom is 0.115 e. The minimum absolute atomic E-state index is 0.163. The van der Waals surface area contributed by atoms with Crippen LogP contribution in [0.2, 0.25) is 0 Å². The number of hydrogen-bond acceptors (Lipinski definition) is 2. The van der Waals surface area contributed by atoms with Crippen molar-refractivity contribution in [1.82, 2.24) is 0 Å². The molecule has 1 aromatic carbocycles. The van der Waals surface area contributed by atoms with Gasteiger partial charge in [-0.15, -0.1) is 0 Å². The van der Waals surface area contributed by atoms with Crippen molar-refractivity contribution in [2.24, 2.45) is 28.6 Å². The number of aliphatic hydroxyl groups is 1. The summed E-state index contributed by atoms with van der Waals surface area (Å²) in [4.78, 5) is 0. The molecule has 3 fully saturated rings. The molecule has 4 aliphatic carbocycles. The average molecular weight is 355 g/mol. The summed E-state index contributed by atoms with van der Waals surface area (Å²) in [6.07, 6.45) is 11.3. The highest BCUT2D eigenvalue weighted by Crippen LogP contribution is 2.73. The molecule has 1 aromatic rings. The molecule has 142 valence electrons. The van der Waals surface area contributed by atoms with E-state index in [9.17, 15) is 10.2 Å². The second kappa shape index (κ2) is 5.74. The molecule has 0 spiro atoms. The van der Waals surface area contributed by atoms with Crippen LogP contribution in [0.4, 0.5) is 0 Å². The average Bonchev–Trinajstić information content (AvgIpc) is 2.91. The van der Waals surface area contributed by atoms with Crippen molar-refractivity contribution in [3.63, 3.8) is 0 Å². The molecule has 0 aromatic heterocycles. The lowest BCUT2D eigenvalue weighted by Gasteiger charge is -2.58. The number of aryl methyl sites for hydroxylation is 1. The molecule has 5 rings (SSSR count). The lowest BCUT2D eigenvalue weighted by atomic mass is 9.47. The van der Waals surface area contributed by atoms with E-state index in [2.05, 4.69) is 19.9 Å². The zero-order valence-electron chi connectivity index (χ0n) is 16.4. The van der Waals surface area contributed by atoms with Gasteiger partial charge in [-0.3, -0.25) is 0 Å². The molecule has 3 saturated carbocycles. The van der Waals surface area contributed by atoms with Gasteiger partial charge in [0.05, 0.1) is 6.10 Å². The molecule has 2 N–H and O–H groups in total. The van der Waals surface area contributed by atoms with Crippen molar-refractivity contribution in [3.8, 4) is 5.75 Å². The van der Waals surface area contributed by atoms with Crippen LogP contribution in [0.1, 0.15) is 82.3 Å². The van der Waals surface area contributed by atoms with Gasteiger partial charge in [0.1, 0.15) is 5.75 Å². The number of phenols is 1. The van der Waals surface area contributed by atoms with Gasteiger partial charge in [-0.05, 0) is 104 Å². The molecular formula is C24H34O2. The predicted molar refractivity (Wildman–Crippen MR) is 104 cm³/mol. The van der Waals surface area contributed by atoms with Crippen LogP contribution < -0.4 is 0 Å². The summed E-state index contributed by atoms with van der Waals surface area (Å²) in [5.74, 6) is 3.35. The zero-order valence-corrected chi connectivity index (χ0v) is 16.4. The Hall–Kier alpha value is -1.02. The first-order chi connectivity index (χ1) is 12.5. The summed E-state index contributed by atoms with van der Waals surface area (Å²) in [7, 11) is 0. The number of benzene rings is 1. The maximum atomic E-state index is 11.0. The van der Waals surface area contributed by atoms with Crippen molar-refractivity contribution in [3.05, 3.63) is 29.3 Å². The number of hydrogen-bond donors (Lipinski definition) is 2. The normalized spacial score (nSPS) is 45.2. The van der Waals surface area contributed by atoms with E-state index in [0.717, 1.165) is 24.2 Å². The summed E-state index contributed by atoms with van der Waals surface area (Å²) in [6, 6.07) is 6.10. The smallest absolute Gasteiger partial charge is 0.115 e. The molecule has 0 saturated heterocycles. The van der Waals surface area contributed by atoms with Crippen molar-refractivity contribution >= 4 is 0 Å². The monoisotopic (exact) mass is 354 g/mol. The van der Waals surface area contributed by atoms with E-state index in [0.29, 0.717) is 17.1 Å². The van der Waals surface area contributed by atoms with Crippen molar-refractivity contribution < 1.29 is 10.2 Å². The van der Waals surface area contributed by atoms with Crippen LogP contribution in [0.25, 0.3) is 0 Å². The van der Waals surface area contributed by atoms with E-state index >= 15 is 0 Å². The van der Waals surface area contributed by atoms with E-state index in [-0.39, 0.29) is 11.5 Å². The fourth-order valence-corrected chi connectivity index (χ4v) is 8.59. The van der Waals surface area contributed by atoms with Gasteiger partial charge in [-0.1, -0.05) is 25.8 Å². The summed E-state index contributed by atoms with van der Waals surface area (Å²) in [6.45, 7) is 4.65. The van der Waals surface area contributed by atoms with E-state index in [1.165, 1.54) is 62.5 Å². The van der Waals surface area contributed by atoms with Gasteiger partial charge in [0.2, 0.25) is 0 Å². The third-order valence-electron chi connectivity index (χ3n) is 9.57. The molecule has 0 amide bonds. The lowest BCUT2D eigenvalue weighted by Crippen LogP contribution is -2.53. The van der Waals surface area contributed by atoms with Crippen LogP contribution in [0.3, 0.4) is 0 Å². The highest BCUT2D eigenvalue weighted by molar-refractivity contribution is 5.40. The minimum Gasteiger partial charge on any atom is -0.508 e. The van der Waals surface area contributed by atoms with Gasteiger partial charge in [-0.2, -0.15) is 0 Å². The van der Waals surface area contributed by atoms with Gasteiger partial charge in [-0.25, -0.2) is 0 Å². The first kappa shape index (κ1) is 17.1. The van der Waals surface area contributed by atoms with Crippen LogP contribution in [-0.4, -0.2) is 16.3 Å². The summed E-state index contributed by atoms with van der Waals surface area (Å²) >= 11 is 0. The summed E-state index contributed by atoms with van der Waals surface area (Å²) < 4.78 is 0. The number of aromatic hydroxyl groups is 1. The van der Waals surface area contributed by atoms with Crippen molar-refractivity contribution in [2.75, 3.05) is 0 Å². The van der Waals surface area contributed by atoms with Gasteiger partial charge < -0.3 is 10.2 Å². The first-order valence-corrected chi connectivity index (χ1v) is 11.0. The molecule has 4 aliphatic rings. The van der Waals surface area contributed by atoms with E-state index in [1.54, 1.807) is 0 Å². The molecule has 0 aliphatic heterocycles. The number of aliphatic hydroxyl groups excluding tert-OH is 1. The Balaban J connectivity index is 1.55. The Morgan fingerprint density at radius 3 is 2.77 bits per heavy atom. The molecule has 0 heterocycles. The van der Waals surface area contributed by atoms with Gasteiger partial charge in [0.25, 0.3) is 0 Å². The summed E-state index contributed by atoms with van der Waals surface area (Å²) in [5, 5.41) is 20.9. The number of phenolic OH excluding ortho intramolecular Hbond substituents is 1. The second-order valence-corrected chi connectivity index (χ2v) is 10.1. The predicted octanol–water partition coefficient (Wildman–Crippen LogP) is 5.42. The first-order valence-electron chi connectivity index (χ1n) is 11.0. The van der Waals surface area contributed by atoms with E-state index in [4.69, 9.17) is 0 Å². The molecule has 7 atom stereocenters. The Bertz CT molecular complexity index is 710. The Morgan fingerprint density at radius 2 is 1.96 bits per heavy atom. The molecule has 0 bridgehead atoms. The van der Waals surface area contributed by atoms with Crippen LogP contribution >= 0.6 is 0 Å². The van der Waals surface area contributed by atoms with Crippen molar-refractivity contribution in [1.29, 1.82) is 0 Å². The molecular weight excluding hydrogens is 320 g/mol. The molecule has 26 heavy (non-hydrogen) atoms. The topological polar surface area (TPSA) is 40.5 Å². The van der Waals surface area contributed by atoms with E-state index < -0.39 is 0 Å². The molecule has 0 radical (unpaired) electrons. The quantitative estimate of drug-likeness (QED) is 0.707. The summed E-state index contributed by atoms with van der Waals surface area (Å²) in [5.41, 5.74) is 3.37. The molecule has 0 unspecified atom stereocenters. The van der Waals surface area contributed by atoms with Gasteiger partial charge in [0.15, 0.2) is 0 Å². The largest absolute Gasteiger partial charge is 0.508 e. The van der Waals surface area contributed by atoms with Gasteiger partial charge in [0, 0.05) is 5.41 Å². The standard InChI is InChI=1S/C24H34O2/c1-15(25)24-11-4-3-5-17(24)14-22-21-8-6-16-13-18(26)7-9-19(16)20(21)10-12-23(22,24)2/h7,9,13,15,17,20-22,25-26H,3-6,8,10-12,14H2,1-2H3/t15-,17-,20-,21-,22+,23+,24+/m1/s1. The molecule has 2 heteroatoms. The minimum atomic E-state index is -0.174. The van der Waals surface area contributed by atoms with Crippen molar-refractivity contribution in [2.45, 2.75) is 83.7 Å². The lowest BCUT2D eigenvalue weighted by molar-refractivity contribution is -0.124. The van der Waals surface area contributed by atoms with Crippen LogP contribution in [0, 0.1) is 28.6 Å². The SMILES string of the molecule is C[C@@H](O)[C@@]12CCCC[C@@H]1C[C@H]1[C@@H]3CCc4cc(O)ccc4[C@H]3CC[C@@]12C. The molecule has 2 nitrogen and oxygen atoms in total. The number of rotatable bonds is 1. The highest BCUT2D eigenvalue weighted by Gasteiger charge is 2.67. The van der Waals surface area contributed by atoms with Crippen LogP contribution in [0.15, 0.2) is 18.2 Å². The maximum absolute atomic E-state index is 11.0. The second-order valence-electron chi connectivity index (χ2n) is 10.1.